The van der Waals surface area contributed by atoms with E-state index in [0.717, 1.165) is 10.9 Å². The van der Waals surface area contributed by atoms with E-state index < -0.39 is 11.5 Å². The van der Waals surface area contributed by atoms with E-state index in [-0.39, 0.29) is 11.3 Å². The molecule has 1 amide bonds. The van der Waals surface area contributed by atoms with Crippen LogP contribution in [0.5, 0.6) is 0 Å². The maximum atomic E-state index is 12.3. The van der Waals surface area contributed by atoms with Crippen LogP contribution in [0.4, 0.5) is 0 Å². The summed E-state index contributed by atoms with van der Waals surface area (Å²) in [6.07, 6.45) is 0.977. The molecule has 5 nitrogen and oxygen atoms in total. The van der Waals surface area contributed by atoms with Crippen molar-refractivity contribution in [3.8, 4) is 0 Å². The van der Waals surface area contributed by atoms with Crippen molar-refractivity contribution in [3.63, 3.8) is 0 Å². The maximum Gasteiger partial charge on any atom is 0.329 e. The quantitative estimate of drug-likeness (QED) is 0.815. The number of nitrogens with one attached hydrogen (secondary N) is 2. The molecule has 1 aliphatic rings. The van der Waals surface area contributed by atoms with Crippen LogP contribution in [0.15, 0.2) is 24.3 Å². The van der Waals surface area contributed by atoms with Crippen molar-refractivity contribution in [2.75, 3.05) is 0 Å². The number of H-pyrrole nitrogens is 1. The van der Waals surface area contributed by atoms with E-state index in [4.69, 9.17) is 5.11 Å². The summed E-state index contributed by atoms with van der Waals surface area (Å²) >= 11 is 0. The van der Waals surface area contributed by atoms with Gasteiger partial charge in [0.2, 0.25) is 0 Å². The van der Waals surface area contributed by atoms with Crippen LogP contribution in [-0.2, 0) is 10.2 Å². The molecule has 3 N–H and O–H groups in total. The van der Waals surface area contributed by atoms with Crippen LogP contribution in [-0.4, -0.2) is 27.5 Å². The van der Waals surface area contributed by atoms with Crippen LogP contribution >= 0.6 is 0 Å². The lowest BCUT2D eigenvalue weighted by Gasteiger charge is -2.18. The minimum atomic E-state index is -1.06. The molecule has 3 rings (SSSR count). The normalized spacial score (nSPS) is 16.5. The van der Waals surface area contributed by atoms with E-state index in [0.29, 0.717) is 18.5 Å². The van der Waals surface area contributed by atoms with E-state index >= 15 is 0 Å². The second-order valence-corrected chi connectivity index (χ2v) is 7.08. The zero-order valence-electron chi connectivity index (χ0n) is 13.0. The molecule has 1 heterocycles. The van der Waals surface area contributed by atoms with Crippen molar-refractivity contribution >= 4 is 22.8 Å². The summed E-state index contributed by atoms with van der Waals surface area (Å²) in [6.45, 7) is 6.40. The fourth-order valence-corrected chi connectivity index (χ4v) is 2.52. The van der Waals surface area contributed by atoms with Crippen molar-refractivity contribution in [2.24, 2.45) is 0 Å². The molecule has 0 aliphatic heterocycles. The number of carbonyl (C=O) groups excluding carboxylic acids is 1. The lowest BCUT2D eigenvalue weighted by Crippen LogP contribution is -2.43. The van der Waals surface area contributed by atoms with Crippen molar-refractivity contribution < 1.29 is 14.7 Å². The number of aliphatic carboxylic acids is 1. The average molecular weight is 300 g/mol. The number of carboxylic acid groups (broad SMARTS) is 1. The molecule has 0 saturated heterocycles. The predicted molar refractivity (Wildman–Crippen MR) is 84.1 cm³/mol. The Morgan fingerprint density at radius 2 is 1.91 bits per heavy atom. The Kier molecular flexibility index (Phi) is 3.06. The molecule has 1 aromatic heterocycles. The summed E-state index contributed by atoms with van der Waals surface area (Å²) in [5.74, 6) is -1.33. The molecule has 0 bridgehead atoms. The fourth-order valence-electron chi connectivity index (χ4n) is 2.52. The fraction of sp³-hybridized carbons (Fsp3) is 0.412. The summed E-state index contributed by atoms with van der Waals surface area (Å²) in [6, 6.07) is 7.83. The van der Waals surface area contributed by atoms with Gasteiger partial charge in [0.15, 0.2) is 0 Å². The largest absolute Gasteiger partial charge is 0.480 e. The molecule has 1 saturated carbocycles. The first-order valence-electron chi connectivity index (χ1n) is 7.40. The van der Waals surface area contributed by atoms with E-state index in [1.54, 1.807) is 6.07 Å². The maximum absolute atomic E-state index is 12.3. The summed E-state index contributed by atoms with van der Waals surface area (Å²) < 4.78 is 0. The Bertz CT molecular complexity index is 764. The highest BCUT2D eigenvalue weighted by Crippen LogP contribution is 2.36. The van der Waals surface area contributed by atoms with Gasteiger partial charge in [-0.2, -0.15) is 0 Å². The Labute approximate surface area is 128 Å². The van der Waals surface area contributed by atoms with Crippen molar-refractivity contribution in [3.05, 3.63) is 35.5 Å². The summed E-state index contributed by atoms with van der Waals surface area (Å²) in [4.78, 5) is 26.5. The average Bonchev–Trinajstić information content (AvgIpc) is 3.08. The molecule has 2 aromatic rings. The lowest BCUT2D eigenvalue weighted by molar-refractivity contribution is -0.140. The lowest BCUT2D eigenvalue weighted by atomic mass is 9.87. The number of rotatable bonds is 3. The van der Waals surface area contributed by atoms with Crippen molar-refractivity contribution in [1.82, 2.24) is 10.3 Å². The molecule has 0 radical (unpaired) electrons. The molecule has 0 unspecified atom stereocenters. The molecule has 1 aliphatic carbocycles. The van der Waals surface area contributed by atoms with Gasteiger partial charge in [0.1, 0.15) is 11.2 Å². The Balaban J connectivity index is 1.89. The number of amides is 1. The number of hydrogen-bond donors (Lipinski definition) is 3. The number of carbonyl (C=O) groups is 2. The van der Waals surface area contributed by atoms with Gasteiger partial charge in [-0.1, -0.05) is 32.9 Å². The zero-order valence-corrected chi connectivity index (χ0v) is 13.0. The summed E-state index contributed by atoms with van der Waals surface area (Å²) in [5.41, 5.74) is 1.43. The van der Waals surface area contributed by atoms with Crippen LogP contribution in [0.25, 0.3) is 10.9 Å². The molecule has 5 heteroatoms. The van der Waals surface area contributed by atoms with E-state index in [1.165, 1.54) is 5.56 Å². The Hall–Kier alpha value is -2.30. The van der Waals surface area contributed by atoms with E-state index in [1.807, 2.05) is 12.1 Å². The van der Waals surface area contributed by atoms with Gasteiger partial charge in [-0.3, -0.25) is 4.79 Å². The van der Waals surface area contributed by atoms with Gasteiger partial charge < -0.3 is 15.4 Å². The second kappa shape index (κ2) is 4.60. The first kappa shape index (κ1) is 14.6. The van der Waals surface area contributed by atoms with Crippen LogP contribution < -0.4 is 5.32 Å². The molecule has 22 heavy (non-hydrogen) atoms. The first-order chi connectivity index (χ1) is 10.2. The number of benzene rings is 1. The highest BCUT2D eigenvalue weighted by molar-refractivity contribution is 6.01. The highest BCUT2D eigenvalue weighted by Gasteiger charge is 2.51. The van der Waals surface area contributed by atoms with Crippen LogP contribution in [0.2, 0.25) is 0 Å². The number of aromatic amines is 1. The Morgan fingerprint density at radius 3 is 2.45 bits per heavy atom. The third-order valence-electron chi connectivity index (χ3n) is 4.25. The highest BCUT2D eigenvalue weighted by atomic mass is 16.4. The second-order valence-electron chi connectivity index (χ2n) is 7.08. The predicted octanol–water partition coefficient (Wildman–Crippen LogP) is 2.81. The van der Waals surface area contributed by atoms with Gasteiger partial charge >= 0.3 is 5.97 Å². The third kappa shape index (κ3) is 2.47. The van der Waals surface area contributed by atoms with Crippen molar-refractivity contribution in [2.45, 2.75) is 44.6 Å². The molecule has 1 fully saturated rings. The number of fused-ring (bicyclic) bond motifs is 1. The van der Waals surface area contributed by atoms with Crippen molar-refractivity contribution in [1.29, 1.82) is 0 Å². The monoisotopic (exact) mass is 300 g/mol. The van der Waals surface area contributed by atoms with Crippen LogP contribution in [0.1, 0.15) is 49.7 Å². The Morgan fingerprint density at radius 1 is 1.23 bits per heavy atom. The number of hydrogen-bond acceptors (Lipinski definition) is 2. The minimum absolute atomic E-state index is 0.0309. The SMILES string of the molecule is CC(C)(C)c1ccc2cc(C(=O)NC3(C(=O)O)CC3)[nH]c2c1. The number of aromatic nitrogens is 1. The molecular weight excluding hydrogens is 280 g/mol. The molecule has 0 atom stereocenters. The molecular formula is C17H20N2O3. The van der Waals surface area contributed by atoms with Gasteiger partial charge in [-0.15, -0.1) is 0 Å². The smallest absolute Gasteiger partial charge is 0.329 e. The topological polar surface area (TPSA) is 82.2 Å². The standard InChI is InChI=1S/C17H20N2O3/c1-16(2,3)11-5-4-10-8-13(18-12(10)9-11)14(20)19-17(6-7-17)15(21)22/h4-5,8-9,18H,6-7H2,1-3H3,(H,19,20)(H,21,22). The van der Waals surface area contributed by atoms with Gasteiger partial charge in [-0.05, 0) is 36.0 Å². The molecule has 0 spiro atoms. The van der Waals surface area contributed by atoms with Crippen LogP contribution in [0.3, 0.4) is 0 Å². The van der Waals surface area contributed by atoms with Gasteiger partial charge in [0.05, 0.1) is 0 Å². The molecule has 1 aromatic carbocycles. The van der Waals surface area contributed by atoms with E-state index in [2.05, 4.69) is 37.1 Å². The summed E-state index contributed by atoms with van der Waals surface area (Å²) in [5, 5.41) is 12.7. The van der Waals surface area contributed by atoms with Crippen LogP contribution in [0, 0.1) is 0 Å². The molecule has 116 valence electrons. The zero-order chi connectivity index (χ0) is 16.1. The first-order valence-corrected chi connectivity index (χ1v) is 7.40. The minimum Gasteiger partial charge on any atom is -0.480 e. The van der Waals surface area contributed by atoms with E-state index in [9.17, 15) is 9.59 Å². The third-order valence-corrected chi connectivity index (χ3v) is 4.25. The number of carboxylic acids is 1. The van der Waals surface area contributed by atoms with Gasteiger partial charge in [-0.25, -0.2) is 4.79 Å². The van der Waals surface area contributed by atoms with Gasteiger partial charge in [0, 0.05) is 10.9 Å². The summed E-state index contributed by atoms with van der Waals surface area (Å²) in [7, 11) is 0. The van der Waals surface area contributed by atoms with Gasteiger partial charge in [0.25, 0.3) is 5.91 Å².